The van der Waals surface area contributed by atoms with Gasteiger partial charge in [-0.3, -0.25) is 4.79 Å². The first-order valence-corrected chi connectivity index (χ1v) is 8.84. The zero-order valence-electron chi connectivity index (χ0n) is 14.7. The molecule has 0 saturated carbocycles. The predicted molar refractivity (Wildman–Crippen MR) is 99.8 cm³/mol. The number of ketones is 1. The minimum Gasteiger partial charge on any atom is -0.389 e. The molecule has 0 bridgehead atoms. The van der Waals surface area contributed by atoms with Crippen LogP contribution in [0, 0.1) is 0 Å². The maximum atomic E-state index is 12.8. The summed E-state index contributed by atoms with van der Waals surface area (Å²) in [4.78, 5) is 12.8. The standard InChI is InChI=1S/C21H27NO3/c1-2-13-22-15-19(23)16-25-20(14-17-9-5-3-6-10-17)21(24)18-11-7-4-8-12-18/h3-12,19-20,22-23H,2,13-16H2,1H3. The van der Waals surface area contributed by atoms with E-state index in [1.807, 2.05) is 48.5 Å². The third-order valence-corrected chi connectivity index (χ3v) is 3.91. The highest BCUT2D eigenvalue weighted by Crippen LogP contribution is 2.13. The van der Waals surface area contributed by atoms with E-state index in [1.165, 1.54) is 0 Å². The van der Waals surface area contributed by atoms with Gasteiger partial charge in [-0.2, -0.15) is 0 Å². The average molecular weight is 341 g/mol. The summed E-state index contributed by atoms with van der Waals surface area (Å²) in [5.41, 5.74) is 1.66. The SMILES string of the molecule is CCCNCC(O)COC(Cc1ccccc1)C(=O)c1ccccc1. The van der Waals surface area contributed by atoms with Crippen molar-refractivity contribution in [3.05, 3.63) is 71.8 Å². The van der Waals surface area contributed by atoms with Crippen molar-refractivity contribution in [2.45, 2.75) is 32.0 Å². The van der Waals surface area contributed by atoms with Crippen LogP contribution in [0.2, 0.25) is 0 Å². The highest BCUT2D eigenvalue weighted by atomic mass is 16.5. The zero-order valence-corrected chi connectivity index (χ0v) is 14.7. The van der Waals surface area contributed by atoms with Crippen molar-refractivity contribution in [1.82, 2.24) is 5.32 Å². The van der Waals surface area contributed by atoms with E-state index in [2.05, 4.69) is 12.2 Å². The molecule has 0 aliphatic carbocycles. The van der Waals surface area contributed by atoms with Crippen molar-refractivity contribution in [3.8, 4) is 0 Å². The lowest BCUT2D eigenvalue weighted by molar-refractivity contribution is -0.00162. The number of nitrogens with one attached hydrogen (secondary N) is 1. The molecule has 0 aliphatic rings. The maximum absolute atomic E-state index is 12.8. The number of carbonyl (C=O) groups excluding carboxylic acids is 1. The maximum Gasteiger partial charge on any atom is 0.191 e. The van der Waals surface area contributed by atoms with Crippen LogP contribution in [-0.2, 0) is 11.2 Å². The van der Waals surface area contributed by atoms with Gasteiger partial charge in [-0.1, -0.05) is 67.6 Å². The van der Waals surface area contributed by atoms with Gasteiger partial charge in [0.1, 0.15) is 6.10 Å². The van der Waals surface area contributed by atoms with E-state index in [1.54, 1.807) is 12.1 Å². The molecule has 4 heteroatoms. The number of Topliss-reactive ketones (excluding diaryl/α,β-unsaturated/α-hetero) is 1. The van der Waals surface area contributed by atoms with E-state index in [4.69, 9.17) is 4.74 Å². The lowest BCUT2D eigenvalue weighted by Gasteiger charge is -2.20. The van der Waals surface area contributed by atoms with Gasteiger partial charge in [0.2, 0.25) is 0 Å². The molecule has 25 heavy (non-hydrogen) atoms. The second-order valence-electron chi connectivity index (χ2n) is 6.10. The van der Waals surface area contributed by atoms with Crippen LogP contribution in [0.1, 0.15) is 29.3 Å². The molecule has 2 N–H and O–H groups in total. The lowest BCUT2D eigenvalue weighted by atomic mass is 10.00. The van der Waals surface area contributed by atoms with Gasteiger partial charge in [-0.25, -0.2) is 0 Å². The molecule has 0 saturated heterocycles. The zero-order chi connectivity index (χ0) is 17.9. The smallest absolute Gasteiger partial charge is 0.191 e. The molecule has 0 aliphatic heterocycles. The van der Waals surface area contributed by atoms with Crippen molar-refractivity contribution in [2.75, 3.05) is 19.7 Å². The Balaban J connectivity index is 2.00. The lowest BCUT2D eigenvalue weighted by Crippen LogP contribution is -2.35. The van der Waals surface area contributed by atoms with E-state index in [-0.39, 0.29) is 12.4 Å². The third kappa shape index (κ3) is 6.78. The van der Waals surface area contributed by atoms with Gasteiger partial charge in [0.05, 0.1) is 12.7 Å². The van der Waals surface area contributed by atoms with Crippen LogP contribution in [-0.4, -0.2) is 42.8 Å². The molecule has 0 amide bonds. The first-order valence-electron chi connectivity index (χ1n) is 8.84. The van der Waals surface area contributed by atoms with Gasteiger partial charge in [0.15, 0.2) is 5.78 Å². The van der Waals surface area contributed by atoms with Crippen LogP contribution in [0.25, 0.3) is 0 Å². The molecule has 0 fully saturated rings. The Morgan fingerprint density at radius 3 is 2.36 bits per heavy atom. The second-order valence-corrected chi connectivity index (χ2v) is 6.10. The number of ether oxygens (including phenoxy) is 1. The topological polar surface area (TPSA) is 58.6 Å². The van der Waals surface area contributed by atoms with Crippen molar-refractivity contribution >= 4 is 5.78 Å². The van der Waals surface area contributed by atoms with Gasteiger partial charge in [-0.15, -0.1) is 0 Å². The van der Waals surface area contributed by atoms with Crippen molar-refractivity contribution in [2.24, 2.45) is 0 Å². The van der Waals surface area contributed by atoms with Crippen LogP contribution in [0.5, 0.6) is 0 Å². The van der Waals surface area contributed by atoms with E-state index >= 15 is 0 Å². The molecule has 2 rings (SSSR count). The monoisotopic (exact) mass is 341 g/mol. The summed E-state index contributed by atoms with van der Waals surface area (Å²) in [5.74, 6) is -0.0572. The molecule has 2 unspecified atom stereocenters. The van der Waals surface area contributed by atoms with Gasteiger partial charge in [-0.05, 0) is 18.5 Å². The molecule has 2 aromatic rings. The van der Waals surface area contributed by atoms with Crippen LogP contribution < -0.4 is 5.32 Å². The summed E-state index contributed by atoms with van der Waals surface area (Å²) in [6, 6.07) is 19.0. The fourth-order valence-electron chi connectivity index (χ4n) is 2.58. The molecule has 0 spiro atoms. The van der Waals surface area contributed by atoms with Crippen LogP contribution in [0.4, 0.5) is 0 Å². The molecule has 2 atom stereocenters. The summed E-state index contributed by atoms with van der Waals surface area (Å²) in [6.45, 7) is 3.52. The predicted octanol–water partition coefficient (Wildman–Crippen LogP) is 2.86. The number of aliphatic hydroxyl groups excluding tert-OH is 1. The molecule has 2 aromatic carbocycles. The van der Waals surface area contributed by atoms with Gasteiger partial charge >= 0.3 is 0 Å². The van der Waals surface area contributed by atoms with E-state index < -0.39 is 12.2 Å². The molecular formula is C21H27NO3. The first-order chi connectivity index (χ1) is 12.2. The molecule has 0 aromatic heterocycles. The number of rotatable bonds is 11. The highest BCUT2D eigenvalue weighted by molar-refractivity contribution is 5.99. The number of carbonyl (C=O) groups is 1. The summed E-state index contributed by atoms with van der Waals surface area (Å²) < 4.78 is 5.82. The molecular weight excluding hydrogens is 314 g/mol. The molecule has 0 heterocycles. The normalized spacial score (nSPS) is 13.4. The molecule has 4 nitrogen and oxygen atoms in total. The van der Waals surface area contributed by atoms with E-state index in [9.17, 15) is 9.90 Å². The Hall–Kier alpha value is -2.01. The number of hydrogen-bond donors (Lipinski definition) is 2. The van der Waals surface area contributed by atoms with E-state index in [0.29, 0.717) is 18.5 Å². The number of aliphatic hydroxyl groups is 1. The Morgan fingerprint density at radius 1 is 1.08 bits per heavy atom. The van der Waals surface area contributed by atoms with Crippen LogP contribution in [0.15, 0.2) is 60.7 Å². The highest BCUT2D eigenvalue weighted by Gasteiger charge is 2.22. The Labute approximate surface area is 149 Å². The fraction of sp³-hybridized carbons (Fsp3) is 0.381. The minimum absolute atomic E-state index is 0.0572. The quantitative estimate of drug-likeness (QED) is 0.487. The molecule has 134 valence electrons. The summed E-state index contributed by atoms with van der Waals surface area (Å²) in [6.07, 6.45) is 0.263. The average Bonchev–Trinajstić information content (AvgIpc) is 2.66. The van der Waals surface area contributed by atoms with Gasteiger partial charge in [0.25, 0.3) is 0 Å². The summed E-state index contributed by atoms with van der Waals surface area (Å²) in [5, 5.41) is 13.2. The Bertz CT molecular complexity index is 616. The third-order valence-electron chi connectivity index (χ3n) is 3.91. The number of hydrogen-bond acceptors (Lipinski definition) is 4. The Morgan fingerprint density at radius 2 is 1.72 bits per heavy atom. The first kappa shape index (κ1) is 19.3. The van der Waals surface area contributed by atoms with Gasteiger partial charge in [0, 0.05) is 18.5 Å². The van der Waals surface area contributed by atoms with E-state index in [0.717, 1.165) is 18.5 Å². The number of benzene rings is 2. The summed E-state index contributed by atoms with van der Waals surface area (Å²) in [7, 11) is 0. The summed E-state index contributed by atoms with van der Waals surface area (Å²) >= 11 is 0. The van der Waals surface area contributed by atoms with Crippen LogP contribution >= 0.6 is 0 Å². The van der Waals surface area contributed by atoms with Crippen molar-refractivity contribution in [1.29, 1.82) is 0 Å². The van der Waals surface area contributed by atoms with Crippen LogP contribution in [0.3, 0.4) is 0 Å². The van der Waals surface area contributed by atoms with Crippen molar-refractivity contribution in [3.63, 3.8) is 0 Å². The fourth-order valence-corrected chi connectivity index (χ4v) is 2.58. The Kier molecular flexibility index (Phi) is 8.32. The second kappa shape index (κ2) is 10.8. The van der Waals surface area contributed by atoms with Gasteiger partial charge < -0.3 is 15.2 Å². The van der Waals surface area contributed by atoms with Crippen molar-refractivity contribution < 1.29 is 14.6 Å². The largest absolute Gasteiger partial charge is 0.389 e. The molecule has 0 radical (unpaired) electrons. The minimum atomic E-state index is -0.631.